The van der Waals surface area contributed by atoms with Crippen molar-refractivity contribution >= 4 is 0 Å². The molecule has 15 heavy (non-hydrogen) atoms. The van der Waals surface area contributed by atoms with Crippen LogP contribution in [0.25, 0.3) is 0 Å². The van der Waals surface area contributed by atoms with E-state index >= 15 is 0 Å². The van der Waals surface area contributed by atoms with E-state index in [2.05, 4.69) is 5.32 Å². The second-order valence-electron chi connectivity index (χ2n) is 3.90. The van der Waals surface area contributed by atoms with Gasteiger partial charge >= 0.3 is 0 Å². The summed E-state index contributed by atoms with van der Waals surface area (Å²) in [5.41, 5.74) is 0.629. The Hall–Kier alpha value is -1.26. The van der Waals surface area contributed by atoms with Gasteiger partial charge in [-0.2, -0.15) is 0 Å². The maximum Gasteiger partial charge on any atom is 0.157 e. The van der Waals surface area contributed by atoms with E-state index in [4.69, 9.17) is 5.11 Å². The van der Waals surface area contributed by atoms with Gasteiger partial charge in [-0.05, 0) is 37.1 Å². The average molecular weight is 209 g/mol. The van der Waals surface area contributed by atoms with Gasteiger partial charge in [-0.25, -0.2) is 0 Å². The van der Waals surface area contributed by atoms with E-state index in [0.717, 1.165) is 19.4 Å². The SMILES string of the molecule is Oc1ccc([C@@H](O)[C@@H]2CCCN2)cc1O. The summed E-state index contributed by atoms with van der Waals surface area (Å²) in [6, 6.07) is 4.47. The van der Waals surface area contributed by atoms with Crippen LogP contribution in [-0.4, -0.2) is 27.9 Å². The van der Waals surface area contributed by atoms with Crippen LogP contribution in [0.4, 0.5) is 0 Å². The molecule has 1 aromatic rings. The lowest BCUT2D eigenvalue weighted by atomic mass is 10.0. The van der Waals surface area contributed by atoms with E-state index in [1.807, 2.05) is 0 Å². The summed E-state index contributed by atoms with van der Waals surface area (Å²) in [5, 5.41) is 31.6. The van der Waals surface area contributed by atoms with Crippen LogP contribution in [0.15, 0.2) is 18.2 Å². The first-order valence-electron chi connectivity index (χ1n) is 5.12. The number of nitrogens with one attached hydrogen (secondary N) is 1. The molecule has 4 heteroatoms. The highest BCUT2D eigenvalue weighted by Gasteiger charge is 2.24. The van der Waals surface area contributed by atoms with Gasteiger partial charge in [-0.3, -0.25) is 0 Å². The largest absolute Gasteiger partial charge is 0.504 e. The number of phenolic OH excluding ortho intramolecular Hbond substituents is 2. The third-order valence-corrected chi connectivity index (χ3v) is 2.82. The van der Waals surface area contributed by atoms with Gasteiger partial charge in [0.15, 0.2) is 11.5 Å². The van der Waals surface area contributed by atoms with Crippen LogP contribution in [0.3, 0.4) is 0 Å². The molecule has 0 aromatic heterocycles. The quantitative estimate of drug-likeness (QED) is 0.546. The number of aliphatic hydroxyl groups excluding tert-OH is 1. The fourth-order valence-corrected chi connectivity index (χ4v) is 1.94. The van der Waals surface area contributed by atoms with Crippen LogP contribution in [0, 0.1) is 0 Å². The Balaban J connectivity index is 2.17. The van der Waals surface area contributed by atoms with Crippen molar-refractivity contribution in [3.8, 4) is 11.5 Å². The molecule has 0 bridgehead atoms. The topological polar surface area (TPSA) is 72.7 Å². The molecule has 1 fully saturated rings. The molecule has 0 saturated carbocycles. The summed E-state index contributed by atoms with van der Waals surface area (Å²) >= 11 is 0. The predicted molar refractivity (Wildman–Crippen MR) is 55.8 cm³/mol. The minimum absolute atomic E-state index is 0.0499. The number of benzene rings is 1. The molecule has 0 spiro atoms. The van der Waals surface area contributed by atoms with Crippen molar-refractivity contribution in [2.75, 3.05) is 6.54 Å². The minimum Gasteiger partial charge on any atom is -0.504 e. The summed E-state index contributed by atoms with van der Waals surface area (Å²) in [7, 11) is 0. The Kier molecular flexibility index (Phi) is 2.79. The number of rotatable bonds is 2. The molecule has 4 nitrogen and oxygen atoms in total. The Bertz CT molecular complexity index is 348. The number of hydrogen-bond donors (Lipinski definition) is 4. The Morgan fingerprint density at radius 2 is 2.07 bits per heavy atom. The van der Waals surface area contributed by atoms with Crippen LogP contribution >= 0.6 is 0 Å². The van der Waals surface area contributed by atoms with Gasteiger partial charge in [-0.1, -0.05) is 6.07 Å². The van der Waals surface area contributed by atoms with Crippen LogP contribution < -0.4 is 5.32 Å². The summed E-state index contributed by atoms with van der Waals surface area (Å²) in [6.45, 7) is 0.922. The zero-order valence-corrected chi connectivity index (χ0v) is 8.35. The molecule has 1 heterocycles. The minimum atomic E-state index is -0.626. The van der Waals surface area contributed by atoms with Gasteiger partial charge in [0.25, 0.3) is 0 Å². The van der Waals surface area contributed by atoms with Crippen molar-refractivity contribution in [2.24, 2.45) is 0 Å². The first kappa shape index (κ1) is 10.3. The fraction of sp³-hybridized carbons (Fsp3) is 0.455. The fourth-order valence-electron chi connectivity index (χ4n) is 1.94. The molecular formula is C11H15NO3. The maximum atomic E-state index is 9.98. The van der Waals surface area contributed by atoms with E-state index in [1.165, 1.54) is 12.1 Å². The van der Waals surface area contributed by atoms with Gasteiger partial charge < -0.3 is 20.6 Å². The average Bonchev–Trinajstić information content (AvgIpc) is 2.74. The lowest BCUT2D eigenvalue weighted by molar-refractivity contribution is 0.137. The third-order valence-electron chi connectivity index (χ3n) is 2.82. The second kappa shape index (κ2) is 4.08. The van der Waals surface area contributed by atoms with Crippen molar-refractivity contribution in [1.29, 1.82) is 0 Å². The van der Waals surface area contributed by atoms with E-state index in [-0.39, 0.29) is 17.5 Å². The molecule has 1 aliphatic heterocycles. The molecule has 0 unspecified atom stereocenters. The normalized spacial score (nSPS) is 22.9. The summed E-state index contributed by atoms with van der Waals surface area (Å²) in [6.07, 6.45) is 1.37. The molecule has 0 aliphatic carbocycles. The van der Waals surface area contributed by atoms with Crippen LogP contribution in [-0.2, 0) is 0 Å². The lowest BCUT2D eigenvalue weighted by Gasteiger charge is -2.18. The molecule has 2 atom stereocenters. The van der Waals surface area contributed by atoms with Crippen LogP contribution in [0.2, 0.25) is 0 Å². The first-order valence-corrected chi connectivity index (χ1v) is 5.12. The van der Waals surface area contributed by atoms with E-state index in [9.17, 15) is 10.2 Å². The summed E-state index contributed by atoms with van der Waals surface area (Å²) < 4.78 is 0. The molecule has 1 saturated heterocycles. The number of aliphatic hydroxyl groups is 1. The monoisotopic (exact) mass is 209 g/mol. The molecular weight excluding hydrogens is 194 g/mol. The molecule has 2 rings (SSSR count). The Morgan fingerprint density at radius 1 is 1.27 bits per heavy atom. The van der Waals surface area contributed by atoms with Crippen molar-refractivity contribution < 1.29 is 15.3 Å². The number of aromatic hydroxyl groups is 2. The highest BCUT2D eigenvalue weighted by Crippen LogP contribution is 2.30. The van der Waals surface area contributed by atoms with Crippen LogP contribution in [0.5, 0.6) is 11.5 Å². The Labute approximate surface area is 88.2 Å². The van der Waals surface area contributed by atoms with Gasteiger partial charge in [0.05, 0.1) is 6.10 Å². The van der Waals surface area contributed by atoms with E-state index < -0.39 is 6.10 Å². The number of phenols is 2. The van der Waals surface area contributed by atoms with Crippen molar-refractivity contribution in [3.05, 3.63) is 23.8 Å². The molecule has 1 aromatic carbocycles. The maximum absolute atomic E-state index is 9.98. The molecule has 0 radical (unpaired) electrons. The smallest absolute Gasteiger partial charge is 0.157 e. The van der Waals surface area contributed by atoms with Gasteiger partial charge in [0, 0.05) is 6.04 Å². The van der Waals surface area contributed by atoms with Gasteiger partial charge in [0.2, 0.25) is 0 Å². The molecule has 82 valence electrons. The molecule has 1 aliphatic rings. The molecule has 0 amide bonds. The highest BCUT2D eigenvalue weighted by atomic mass is 16.3. The summed E-state index contributed by atoms with van der Waals surface area (Å²) in [4.78, 5) is 0. The molecule has 4 N–H and O–H groups in total. The van der Waals surface area contributed by atoms with Gasteiger partial charge in [-0.15, -0.1) is 0 Å². The summed E-state index contributed by atoms with van der Waals surface area (Å²) in [5.74, 6) is -0.352. The van der Waals surface area contributed by atoms with Crippen molar-refractivity contribution in [3.63, 3.8) is 0 Å². The highest BCUT2D eigenvalue weighted by molar-refractivity contribution is 5.41. The predicted octanol–water partition coefficient (Wildman–Crippen LogP) is 0.883. The van der Waals surface area contributed by atoms with Gasteiger partial charge in [0.1, 0.15) is 0 Å². The first-order chi connectivity index (χ1) is 7.18. The van der Waals surface area contributed by atoms with Crippen molar-refractivity contribution in [2.45, 2.75) is 25.0 Å². The number of hydrogen-bond acceptors (Lipinski definition) is 4. The van der Waals surface area contributed by atoms with Crippen LogP contribution in [0.1, 0.15) is 24.5 Å². The standard InChI is InChI=1S/C11H15NO3/c13-9-4-3-7(6-10(9)14)11(15)8-2-1-5-12-8/h3-4,6,8,11-15H,1-2,5H2/t8-,11+/m0/s1. The van der Waals surface area contributed by atoms with Crippen molar-refractivity contribution in [1.82, 2.24) is 5.32 Å². The van der Waals surface area contributed by atoms with E-state index in [0.29, 0.717) is 5.56 Å². The lowest BCUT2D eigenvalue weighted by Crippen LogP contribution is -2.28. The zero-order chi connectivity index (χ0) is 10.8. The van der Waals surface area contributed by atoms with E-state index in [1.54, 1.807) is 6.07 Å². The third kappa shape index (κ3) is 2.06. The Morgan fingerprint density at radius 3 is 2.67 bits per heavy atom. The zero-order valence-electron chi connectivity index (χ0n) is 8.35. The second-order valence-corrected chi connectivity index (χ2v) is 3.90.